The van der Waals surface area contributed by atoms with Crippen LogP contribution in [0.1, 0.15) is 48.0 Å². The average molecular weight is 455 g/mol. The van der Waals surface area contributed by atoms with E-state index >= 15 is 0 Å². The highest BCUT2D eigenvalue weighted by molar-refractivity contribution is 7.18. The third-order valence-electron chi connectivity index (χ3n) is 6.02. The second kappa shape index (κ2) is 8.46. The zero-order chi connectivity index (χ0) is 23.0. The zero-order valence-corrected chi connectivity index (χ0v) is 19.4. The van der Waals surface area contributed by atoms with E-state index in [-0.39, 0.29) is 17.5 Å². The van der Waals surface area contributed by atoms with Crippen molar-refractivity contribution >= 4 is 39.1 Å². The first-order chi connectivity index (χ1) is 15.2. The van der Waals surface area contributed by atoms with Crippen LogP contribution in [0, 0.1) is 11.3 Å². The predicted octanol–water partition coefficient (Wildman–Crippen LogP) is 3.43. The summed E-state index contributed by atoms with van der Waals surface area (Å²) in [6, 6.07) is 6.41. The molecule has 32 heavy (non-hydrogen) atoms. The van der Waals surface area contributed by atoms with E-state index in [0.717, 1.165) is 29.5 Å². The average Bonchev–Trinajstić information content (AvgIpc) is 3.13. The quantitative estimate of drug-likeness (QED) is 0.606. The third kappa shape index (κ3) is 4.29. The number of fused-ring (bicyclic) bond motifs is 3. The number of methoxy groups -OCH3 is 1. The van der Waals surface area contributed by atoms with Crippen molar-refractivity contribution in [3.63, 3.8) is 0 Å². The van der Waals surface area contributed by atoms with Crippen molar-refractivity contribution in [2.24, 2.45) is 11.3 Å². The maximum absolute atomic E-state index is 13.1. The molecule has 2 heterocycles. The molecule has 0 fully saturated rings. The molecule has 9 heteroatoms. The van der Waals surface area contributed by atoms with Crippen LogP contribution in [0.5, 0.6) is 0 Å². The molecule has 4 rings (SSSR count). The lowest BCUT2D eigenvalue weighted by atomic mass is 9.72. The highest BCUT2D eigenvalue weighted by Gasteiger charge is 2.32. The Bertz CT molecular complexity index is 1260. The molecule has 1 aliphatic carbocycles. The van der Waals surface area contributed by atoms with Crippen molar-refractivity contribution in [2.75, 3.05) is 12.4 Å². The number of amides is 1. The third-order valence-corrected chi connectivity index (χ3v) is 7.16. The Morgan fingerprint density at radius 3 is 2.81 bits per heavy atom. The molecule has 168 valence electrons. The van der Waals surface area contributed by atoms with Gasteiger partial charge in [0.2, 0.25) is 5.91 Å². The summed E-state index contributed by atoms with van der Waals surface area (Å²) in [5, 5.41) is 11.5. The highest BCUT2D eigenvalue weighted by atomic mass is 32.1. The van der Waals surface area contributed by atoms with Crippen molar-refractivity contribution in [3.05, 3.63) is 50.6 Å². The van der Waals surface area contributed by atoms with Gasteiger partial charge in [-0.05, 0) is 54.4 Å². The number of nitrogens with one attached hydrogen (secondary N) is 1. The van der Waals surface area contributed by atoms with Crippen LogP contribution in [-0.4, -0.2) is 34.0 Å². The Hall–Kier alpha value is -3.07. The number of hydrogen-bond acceptors (Lipinski definition) is 7. The Labute approximate surface area is 189 Å². The van der Waals surface area contributed by atoms with E-state index < -0.39 is 11.9 Å². The van der Waals surface area contributed by atoms with Crippen molar-refractivity contribution in [1.29, 1.82) is 0 Å². The largest absolute Gasteiger partial charge is 0.465 e. The van der Waals surface area contributed by atoms with Gasteiger partial charge in [-0.15, -0.1) is 16.4 Å². The van der Waals surface area contributed by atoms with Crippen molar-refractivity contribution in [3.8, 4) is 0 Å². The number of nitrogens with zero attached hydrogens (tertiary/aromatic N) is 3. The van der Waals surface area contributed by atoms with Gasteiger partial charge in [0.15, 0.2) is 4.83 Å². The zero-order valence-electron chi connectivity index (χ0n) is 18.6. The van der Waals surface area contributed by atoms with Gasteiger partial charge in [-0.3, -0.25) is 9.59 Å². The molecule has 0 bridgehead atoms. The number of ether oxygens (including phenoxy) is 1. The SMILES string of the molecule is COC(=O)c1cccc(NC(=O)Cn2nnc3sc4c(c3c2=O)CCC(C(C)(C)C)C4)c1. The molecular weight excluding hydrogens is 428 g/mol. The number of carbonyl (C=O) groups excluding carboxylic acids is 2. The van der Waals surface area contributed by atoms with E-state index in [2.05, 4.69) is 36.4 Å². The summed E-state index contributed by atoms with van der Waals surface area (Å²) in [7, 11) is 1.29. The van der Waals surface area contributed by atoms with Crippen LogP contribution in [-0.2, 0) is 28.9 Å². The Morgan fingerprint density at radius 1 is 1.31 bits per heavy atom. The molecule has 3 aromatic rings. The molecule has 1 aliphatic rings. The van der Waals surface area contributed by atoms with Crippen molar-refractivity contribution in [2.45, 2.75) is 46.6 Å². The second-order valence-electron chi connectivity index (χ2n) is 9.16. The summed E-state index contributed by atoms with van der Waals surface area (Å²) >= 11 is 1.54. The van der Waals surface area contributed by atoms with E-state index in [9.17, 15) is 14.4 Å². The predicted molar refractivity (Wildman–Crippen MR) is 123 cm³/mol. The molecule has 0 saturated heterocycles. The number of aryl methyl sites for hydroxylation is 1. The second-order valence-corrected chi connectivity index (χ2v) is 10.2. The molecule has 1 aromatic carbocycles. The van der Waals surface area contributed by atoms with Crippen LogP contribution in [0.3, 0.4) is 0 Å². The van der Waals surface area contributed by atoms with Gasteiger partial charge < -0.3 is 10.1 Å². The molecule has 1 amide bonds. The summed E-state index contributed by atoms with van der Waals surface area (Å²) in [4.78, 5) is 39.2. The van der Waals surface area contributed by atoms with Crippen LogP contribution in [0.4, 0.5) is 5.69 Å². The normalized spacial score (nSPS) is 15.9. The van der Waals surface area contributed by atoms with E-state index in [1.54, 1.807) is 18.2 Å². The first kappa shape index (κ1) is 22.1. The first-order valence-corrected chi connectivity index (χ1v) is 11.4. The van der Waals surface area contributed by atoms with E-state index in [1.807, 2.05) is 0 Å². The van der Waals surface area contributed by atoms with E-state index in [4.69, 9.17) is 4.74 Å². The van der Waals surface area contributed by atoms with Crippen LogP contribution < -0.4 is 10.9 Å². The van der Waals surface area contributed by atoms with Gasteiger partial charge in [-0.25, -0.2) is 9.48 Å². The maximum Gasteiger partial charge on any atom is 0.337 e. The number of aromatic nitrogens is 3. The van der Waals surface area contributed by atoms with Gasteiger partial charge in [0, 0.05) is 10.6 Å². The number of anilines is 1. The standard InChI is InChI=1S/C23H26N4O4S/c1-23(2,3)14-8-9-16-17(11-14)32-20-19(16)21(29)27(26-25-20)12-18(28)24-15-7-5-6-13(10-15)22(30)31-4/h5-7,10,14H,8-9,11-12H2,1-4H3,(H,24,28). The number of esters is 1. The van der Waals surface area contributed by atoms with Gasteiger partial charge in [0.1, 0.15) is 6.54 Å². The molecule has 0 radical (unpaired) electrons. The Kier molecular flexibility index (Phi) is 5.85. The van der Waals surface area contributed by atoms with Crippen LogP contribution in [0.25, 0.3) is 10.2 Å². The molecule has 2 aromatic heterocycles. The molecule has 1 N–H and O–H groups in total. The van der Waals surface area contributed by atoms with Crippen LogP contribution in [0.15, 0.2) is 29.1 Å². The van der Waals surface area contributed by atoms with E-state index in [0.29, 0.717) is 27.4 Å². The van der Waals surface area contributed by atoms with Crippen LogP contribution in [0.2, 0.25) is 0 Å². The molecule has 0 spiro atoms. The van der Waals surface area contributed by atoms with Gasteiger partial charge in [-0.1, -0.05) is 32.1 Å². The van der Waals surface area contributed by atoms with Gasteiger partial charge in [0.25, 0.3) is 5.56 Å². The topological polar surface area (TPSA) is 103 Å². The number of hydrogen-bond donors (Lipinski definition) is 1. The minimum Gasteiger partial charge on any atom is -0.465 e. The smallest absolute Gasteiger partial charge is 0.337 e. The lowest BCUT2D eigenvalue weighted by molar-refractivity contribution is -0.117. The monoisotopic (exact) mass is 454 g/mol. The summed E-state index contributed by atoms with van der Waals surface area (Å²) in [5.41, 5.74) is 1.73. The molecule has 1 atom stereocenters. The highest BCUT2D eigenvalue weighted by Crippen LogP contribution is 2.41. The fourth-order valence-corrected chi connectivity index (χ4v) is 5.38. The Balaban J connectivity index is 1.56. The van der Waals surface area contributed by atoms with Crippen molar-refractivity contribution in [1.82, 2.24) is 15.0 Å². The van der Waals surface area contributed by atoms with Gasteiger partial charge in [-0.2, -0.15) is 0 Å². The van der Waals surface area contributed by atoms with Gasteiger partial charge in [0.05, 0.1) is 18.1 Å². The fraction of sp³-hybridized carbons (Fsp3) is 0.435. The lowest BCUT2D eigenvalue weighted by Crippen LogP contribution is -2.31. The molecule has 1 unspecified atom stereocenters. The fourth-order valence-electron chi connectivity index (χ4n) is 4.15. The number of rotatable bonds is 4. The van der Waals surface area contributed by atoms with Crippen molar-refractivity contribution < 1.29 is 14.3 Å². The van der Waals surface area contributed by atoms with E-state index in [1.165, 1.54) is 29.4 Å². The van der Waals surface area contributed by atoms with Crippen LogP contribution >= 0.6 is 11.3 Å². The lowest BCUT2D eigenvalue weighted by Gasteiger charge is -2.33. The van der Waals surface area contributed by atoms with Gasteiger partial charge >= 0.3 is 5.97 Å². The molecule has 8 nitrogen and oxygen atoms in total. The maximum atomic E-state index is 13.1. The number of benzene rings is 1. The summed E-state index contributed by atoms with van der Waals surface area (Å²) in [6.45, 7) is 6.49. The number of carbonyl (C=O) groups is 2. The first-order valence-electron chi connectivity index (χ1n) is 10.5. The molecule has 0 saturated carbocycles. The Morgan fingerprint density at radius 2 is 2.09 bits per heavy atom. The minimum absolute atomic E-state index is 0.211. The number of thiophene rings is 1. The molecular formula is C23H26N4O4S. The summed E-state index contributed by atoms with van der Waals surface area (Å²) in [6.07, 6.45) is 2.81. The minimum atomic E-state index is -0.496. The summed E-state index contributed by atoms with van der Waals surface area (Å²) < 4.78 is 5.80. The molecule has 0 aliphatic heterocycles. The summed E-state index contributed by atoms with van der Waals surface area (Å²) in [5.74, 6) is -0.367.